The monoisotopic (exact) mass is 903 g/mol. The molecule has 0 spiro atoms. The highest BCUT2D eigenvalue weighted by Gasteiger charge is 2.34. The Balaban J connectivity index is 0.000000194. The number of hydrogen-bond donors (Lipinski definition) is 2. The lowest BCUT2D eigenvalue weighted by atomic mass is 10.0. The number of ether oxygens (including phenoxy) is 3. The highest BCUT2D eigenvalue weighted by molar-refractivity contribution is 5.96. The molecule has 5 aromatic rings. The largest absolute Gasteiger partial charge is 0.494 e. The third-order valence-electron chi connectivity index (χ3n) is 11.9. The third-order valence-corrected chi connectivity index (χ3v) is 11.9. The summed E-state index contributed by atoms with van der Waals surface area (Å²) in [6, 6.07) is 31.2. The second-order valence-electron chi connectivity index (χ2n) is 16.6. The average molecular weight is 904 g/mol. The minimum absolute atomic E-state index is 0.00760. The van der Waals surface area contributed by atoms with Crippen LogP contribution in [0.5, 0.6) is 17.2 Å². The van der Waals surface area contributed by atoms with Gasteiger partial charge in [0.25, 0.3) is 0 Å². The van der Waals surface area contributed by atoms with Crippen LogP contribution in [0.15, 0.2) is 103 Å². The highest BCUT2D eigenvalue weighted by Crippen LogP contribution is 2.39. The molecule has 2 aliphatic heterocycles. The molecule has 2 atom stereocenters. The van der Waals surface area contributed by atoms with Crippen molar-refractivity contribution in [2.24, 2.45) is 17.4 Å². The molecule has 3 heterocycles. The maximum Gasteiger partial charge on any atom is 0.433 e. The van der Waals surface area contributed by atoms with Gasteiger partial charge in [-0.05, 0) is 79.1 Å². The number of methoxy groups -OCH3 is 1. The van der Waals surface area contributed by atoms with E-state index in [0.717, 1.165) is 48.7 Å². The molecule has 0 radical (unpaired) electrons. The number of rotatable bonds is 16. The molecule has 2 amide bonds. The molecule has 4 aromatic carbocycles. The van der Waals surface area contributed by atoms with Crippen LogP contribution in [0, 0.1) is 5.92 Å². The van der Waals surface area contributed by atoms with Gasteiger partial charge in [-0.2, -0.15) is 22.0 Å². The molecule has 2 saturated heterocycles. The molecule has 1 aromatic heterocycles. The second-order valence-corrected chi connectivity index (χ2v) is 16.6. The van der Waals surface area contributed by atoms with Crippen LogP contribution in [0.4, 0.5) is 33.3 Å². The molecule has 4 N–H and O–H groups in total. The van der Waals surface area contributed by atoms with Crippen LogP contribution in [0.2, 0.25) is 0 Å². The minimum Gasteiger partial charge on any atom is -0.494 e. The third kappa shape index (κ3) is 12.8. The van der Waals surface area contributed by atoms with Crippen LogP contribution in [0.25, 0.3) is 10.9 Å². The predicted molar refractivity (Wildman–Crippen MR) is 238 cm³/mol. The Morgan fingerprint density at radius 1 is 0.723 bits per heavy atom. The summed E-state index contributed by atoms with van der Waals surface area (Å²) in [5.74, 6) is 0.436. The maximum atomic E-state index is 13.3. The molecule has 0 bridgehead atoms. The first-order valence-corrected chi connectivity index (χ1v) is 21.6. The van der Waals surface area contributed by atoms with E-state index in [1.807, 2.05) is 54.6 Å². The smallest absolute Gasteiger partial charge is 0.433 e. The van der Waals surface area contributed by atoms with E-state index in [1.54, 1.807) is 24.3 Å². The van der Waals surface area contributed by atoms with Gasteiger partial charge in [0.15, 0.2) is 11.5 Å². The molecular weight excluding hydrogens is 850 g/mol. The average Bonchev–Trinajstić information content (AvgIpc) is 4.12. The number of halogens is 5. The van der Waals surface area contributed by atoms with Crippen LogP contribution < -0.4 is 35.5 Å². The molecule has 1 aliphatic carbocycles. The van der Waals surface area contributed by atoms with E-state index in [4.69, 9.17) is 20.9 Å². The first-order chi connectivity index (χ1) is 31.2. The topological polar surface area (TPSA) is 140 Å². The highest BCUT2D eigenvalue weighted by atomic mass is 19.4. The fraction of sp³-hybridized carbons (Fsp3) is 0.396. The Morgan fingerprint density at radius 3 is 1.83 bits per heavy atom. The minimum atomic E-state index is -4.55. The van der Waals surface area contributed by atoms with Crippen LogP contribution in [-0.4, -0.2) is 111 Å². The van der Waals surface area contributed by atoms with E-state index in [2.05, 4.69) is 41.5 Å². The predicted octanol–water partition coefficient (Wildman–Crippen LogP) is 6.78. The number of hydrogen-bond acceptors (Lipinski definition) is 10. The number of nitrogens with zero attached hydrogens (tertiary/aromatic N) is 5. The van der Waals surface area contributed by atoms with Gasteiger partial charge < -0.3 is 35.5 Å². The van der Waals surface area contributed by atoms with Gasteiger partial charge in [0.05, 0.1) is 26.8 Å². The molecular formula is C48H54F5N7O5. The Bertz CT molecular complexity index is 2370. The zero-order valence-electron chi connectivity index (χ0n) is 36.1. The van der Waals surface area contributed by atoms with Gasteiger partial charge in [-0.1, -0.05) is 60.7 Å². The molecule has 8 rings (SSSR count). The molecule has 17 heteroatoms. The number of alkyl halides is 5. The van der Waals surface area contributed by atoms with Gasteiger partial charge in [-0.25, -0.2) is 4.98 Å². The molecule has 346 valence electrons. The summed E-state index contributed by atoms with van der Waals surface area (Å²) in [6.07, 6.45) is -0.838. The van der Waals surface area contributed by atoms with Gasteiger partial charge in [0.1, 0.15) is 17.0 Å². The number of nitrogens with two attached hydrogens (primary N) is 2. The molecule has 1 saturated carbocycles. The number of amides is 2. The second kappa shape index (κ2) is 21.2. The molecule has 3 aliphatic rings. The first kappa shape index (κ1) is 46.8. The Morgan fingerprint density at radius 2 is 1.29 bits per heavy atom. The molecule has 12 nitrogen and oxygen atoms in total. The van der Waals surface area contributed by atoms with Gasteiger partial charge >= 0.3 is 12.8 Å². The van der Waals surface area contributed by atoms with Crippen molar-refractivity contribution in [1.29, 1.82) is 0 Å². The lowest BCUT2D eigenvalue weighted by molar-refractivity contribution is -0.141. The molecule has 65 heavy (non-hydrogen) atoms. The van der Waals surface area contributed by atoms with Gasteiger partial charge in [-0.3, -0.25) is 19.4 Å². The number of piperazine rings is 2. The number of fused-ring (bicyclic) bond motifs is 1. The van der Waals surface area contributed by atoms with Crippen molar-refractivity contribution >= 4 is 34.1 Å². The number of carbonyl (C=O) groups is 2. The Labute approximate surface area is 374 Å². The summed E-state index contributed by atoms with van der Waals surface area (Å²) in [6.45, 7) is 1.80. The van der Waals surface area contributed by atoms with Crippen molar-refractivity contribution in [3.63, 3.8) is 0 Å². The number of aromatic nitrogens is 1. The van der Waals surface area contributed by atoms with E-state index in [9.17, 15) is 31.5 Å². The summed E-state index contributed by atoms with van der Waals surface area (Å²) in [5.41, 5.74) is 14.1. The fourth-order valence-corrected chi connectivity index (χ4v) is 8.48. The number of pyridine rings is 1. The lowest BCUT2D eigenvalue weighted by Crippen LogP contribution is -2.56. The first-order valence-electron chi connectivity index (χ1n) is 21.6. The quantitative estimate of drug-likeness (QED) is 0.102. The Hall–Kier alpha value is -6.20. The zero-order chi connectivity index (χ0) is 46.1. The van der Waals surface area contributed by atoms with Crippen molar-refractivity contribution in [3.05, 3.63) is 120 Å². The van der Waals surface area contributed by atoms with E-state index < -0.39 is 18.5 Å². The van der Waals surface area contributed by atoms with E-state index in [1.165, 1.54) is 18.7 Å². The van der Waals surface area contributed by atoms with Gasteiger partial charge in [-0.15, -0.1) is 0 Å². The number of benzene rings is 4. The summed E-state index contributed by atoms with van der Waals surface area (Å²) in [5, 5.41) is 0.587. The van der Waals surface area contributed by atoms with Gasteiger partial charge in [0.2, 0.25) is 11.8 Å². The molecule has 2 unspecified atom stereocenters. The lowest BCUT2D eigenvalue weighted by Gasteiger charge is -2.42. The standard InChI is InChI=1S/C24H25F3N4O2.C24H29F2N3O3/c1-33-20-9-8-19(18-7-10-21(24(25,26)27)29-23(18)20)31-12-11-30(15-22(28)32)17(14-31)13-16-5-3-2-4-6-16;25-24(26)32-21-9-8-19(13-22(21)31-16-18-6-7-18)28-10-11-29(15-23(27)30)20(14-28)12-17-4-2-1-3-5-17/h2-10,17H,11-15H2,1H3,(H2,28,32);1-5,8-9,13,18,20,24H,6-7,10-12,14-16H2,(H2,27,30). The van der Waals surface area contributed by atoms with Crippen LogP contribution in [0.3, 0.4) is 0 Å². The normalized spacial score (nSPS) is 18.3. The summed E-state index contributed by atoms with van der Waals surface area (Å²) in [4.78, 5) is 35.6. The van der Waals surface area contributed by atoms with Crippen LogP contribution in [0.1, 0.15) is 29.7 Å². The van der Waals surface area contributed by atoms with Crippen molar-refractivity contribution < 1.29 is 45.8 Å². The summed E-state index contributed by atoms with van der Waals surface area (Å²) < 4.78 is 81.2. The molecule has 3 fully saturated rings. The van der Waals surface area contributed by atoms with Crippen molar-refractivity contribution in [2.45, 2.75) is 50.6 Å². The van der Waals surface area contributed by atoms with E-state index in [0.29, 0.717) is 62.9 Å². The summed E-state index contributed by atoms with van der Waals surface area (Å²) in [7, 11) is 1.41. The number of primary amides is 2. The van der Waals surface area contributed by atoms with Crippen LogP contribution in [-0.2, 0) is 28.6 Å². The van der Waals surface area contributed by atoms with Crippen molar-refractivity contribution in [3.8, 4) is 17.2 Å². The van der Waals surface area contributed by atoms with E-state index in [-0.39, 0.29) is 54.0 Å². The SMILES string of the molecule is COc1ccc(N2CCN(CC(N)=O)C(Cc3ccccc3)C2)c2ccc(C(F)(F)F)nc12.NC(=O)CN1CCN(c2ccc(OC(F)F)c(OCC3CC3)c2)CC1Cc1ccccc1. The van der Waals surface area contributed by atoms with Crippen molar-refractivity contribution in [2.75, 3.05) is 75.9 Å². The van der Waals surface area contributed by atoms with Crippen LogP contribution >= 0.6 is 0 Å². The van der Waals surface area contributed by atoms with Gasteiger partial charge in [0, 0.05) is 74.2 Å². The summed E-state index contributed by atoms with van der Waals surface area (Å²) >= 11 is 0. The fourth-order valence-electron chi connectivity index (χ4n) is 8.48. The number of anilines is 2. The Kier molecular flexibility index (Phi) is 15.3. The van der Waals surface area contributed by atoms with Crippen molar-refractivity contribution in [1.82, 2.24) is 14.8 Å². The zero-order valence-corrected chi connectivity index (χ0v) is 36.1. The number of carbonyl (C=O) groups excluding carboxylic acids is 2. The van der Waals surface area contributed by atoms with E-state index >= 15 is 0 Å². The maximum absolute atomic E-state index is 13.3.